The number of aryl methyl sites for hydroxylation is 1. The number of carbonyl (C=O) groups excluding carboxylic acids is 2. The summed E-state index contributed by atoms with van der Waals surface area (Å²) in [5, 5.41) is 59.2. The molecule has 2 aromatic rings. The van der Waals surface area contributed by atoms with Crippen LogP contribution in [0, 0.1) is 18.6 Å². The zero-order valence-corrected chi connectivity index (χ0v) is 31.8. The second-order valence-corrected chi connectivity index (χ2v) is 14.6. The molecule has 1 fully saturated rings. The van der Waals surface area contributed by atoms with Crippen LogP contribution in [0.25, 0.3) is 0 Å². The number of benzene rings is 2. The third-order valence-electron chi connectivity index (χ3n) is 10.1. The predicted molar refractivity (Wildman–Crippen MR) is 200 cm³/mol. The lowest BCUT2D eigenvalue weighted by atomic mass is 9.98. The number of nitrogens with one attached hydrogen (secondary N) is 2. The standard InChI is InChI=1S/C41H62F2N2O9/c1-3-4-5-6-7-8-9-10-11-12-13-14-19-33(46)37(49)32(45-36(48)23-28-20-21-30(42)31(43)22-28)26-53-41-40(52)39(51)38(50)34(54-41)25-44-35(47)24-29-18-16-15-17-27(29)2/h15-18,20-22,32-34,37-41,46,49-52H,3-14,19,23-26H2,1-2H3,(H,44,47)(H,45,48)/t32-,33+,34+,37-,38-,39-,40+,41-/m0/s1. The van der Waals surface area contributed by atoms with E-state index in [1.807, 2.05) is 31.2 Å². The van der Waals surface area contributed by atoms with Crippen molar-refractivity contribution in [2.24, 2.45) is 0 Å². The molecule has 11 nitrogen and oxygen atoms in total. The fraction of sp³-hybridized carbons (Fsp3) is 0.659. The van der Waals surface area contributed by atoms with Crippen LogP contribution in [0.2, 0.25) is 0 Å². The molecule has 0 spiro atoms. The van der Waals surface area contributed by atoms with Crippen molar-refractivity contribution >= 4 is 11.8 Å². The number of ether oxygens (including phenoxy) is 2. The molecule has 1 heterocycles. The fourth-order valence-electron chi connectivity index (χ4n) is 6.63. The maximum absolute atomic E-state index is 13.8. The molecular weight excluding hydrogens is 702 g/mol. The van der Waals surface area contributed by atoms with Gasteiger partial charge in [-0.1, -0.05) is 114 Å². The summed E-state index contributed by atoms with van der Waals surface area (Å²) in [6.07, 6.45) is 2.99. The van der Waals surface area contributed by atoms with Gasteiger partial charge in [0.05, 0.1) is 31.6 Å². The molecule has 0 aliphatic carbocycles. The summed E-state index contributed by atoms with van der Waals surface area (Å²) in [4.78, 5) is 25.7. The topological polar surface area (TPSA) is 178 Å². The molecule has 0 radical (unpaired) electrons. The van der Waals surface area contributed by atoms with Crippen molar-refractivity contribution in [3.05, 3.63) is 70.8 Å². The number of carbonyl (C=O) groups is 2. The molecule has 0 unspecified atom stereocenters. The largest absolute Gasteiger partial charge is 0.390 e. The summed E-state index contributed by atoms with van der Waals surface area (Å²) in [5.41, 5.74) is 1.92. The number of aliphatic hydroxyl groups is 5. The van der Waals surface area contributed by atoms with Crippen molar-refractivity contribution < 1.29 is 53.4 Å². The van der Waals surface area contributed by atoms with Gasteiger partial charge in [0.25, 0.3) is 0 Å². The highest BCUT2D eigenvalue weighted by atomic mass is 19.2. The van der Waals surface area contributed by atoms with E-state index in [-0.39, 0.29) is 37.3 Å². The average Bonchev–Trinajstić information content (AvgIpc) is 3.15. The van der Waals surface area contributed by atoms with Gasteiger partial charge in [0.2, 0.25) is 11.8 Å². The van der Waals surface area contributed by atoms with E-state index >= 15 is 0 Å². The van der Waals surface area contributed by atoms with E-state index in [2.05, 4.69) is 17.6 Å². The van der Waals surface area contributed by atoms with Gasteiger partial charge in [-0.3, -0.25) is 9.59 Å². The summed E-state index contributed by atoms with van der Waals surface area (Å²) in [7, 11) is 0. The van der Waals surface area contributed by atoms with E-state index in [1.54, 1.807) is 0 Å². The van der Waals surface area contributed by atoms with E-state index in [9.17, 15) is 43.9 Å². The van der Waals surface area contributed by atoms with Crippen molar-refractivity contribution in [1.29, 1.82) is 0 Å². The highest BCUT2D eigenvalue weighted by Gasteiger charge is 2.45. The Hall–Kier alpha value is -3.04. The number of amides is 2. The summed E-state index contributed by atoms with van der Waals surface area (Å²) in [6.45, 7) is 3.37. The second kappa shape index (κ2) is 24.5. The van der Waals surface area contributed by atoms with E-state index in [0.29, 0.717) is 6.42 Å². The van der Waals surface area contributed by atoms with E-state index in [1.165, 1.54) is 51.0 Å². The first kappa shape index (κ1) is 45.4. The van der Waals surface area contributed by atoms with Gasteiger partial charge in [-0.2, -0.15) is 0 Å². The molecule has 0 saturated carbocycles. The van der Waals surface area contributed by atoms with E-state index in [0.717, 1.165) is 48.9 Å². The van der Waals surface area contributed by atoms with Gasteiger partial charge in [-0.05, 0) is 42.2 Å². The molecule has 1 aliphatic rings. The maximum atomic E-state index is 13.8. The lowest BCUT2D eigenvalue weighted by Gasteiger charge is -2.41. The van der Waals surface area contributed by atoms with Crippen LogP contribution in [0.4, 0.5) is 8.78 Å². The van der Waals surface area contributed by atoms with Crippen molar-refractivity contribution in [3.8, 4) is 0 Å². The molecule has 54 heavy (non-hydrogen) atoms. The zero-order valence-electron chi connectivity index (χ0n) is 31.8. The van der Waals surface area contributed by atoms with Gasteiger partial charge in [-0.15, -0.1) is 0 Å². The van der Waals surface area contributed by atoms with Gasteiger partial charge in [0, 0.05) is 6.54 Å². The van der Waals surface area contributed by atoms with Gasteiger partial charge in [0.15, 0.2) is 17.9 Å². The maximum Gasteiger partial charge on any atom is 0.224 e. The van der Waals surface area contributed by atoms with Crippen LogP contribution in [0.15, 0.2) is 42.5 Å². The van der Waals surface area contributed by atoms with Crippen LogP contribution in [0.5, 0.6) is 0 Å². The van der Waals surface area contributed by atoms with Crippen molar-refractivity contribution in [2.75, 3.05) is 13.2 Å². The minimum atomic E-state index is -1.74. The third kappa shape index (κ3) is 15.6. The number of hydrogen-bond acceptors (Lipinski definition) is 9. The summed E-state index contributed by atoms with van der Waals surface area (Å²) in [6, 6.07) is 9.16. The lowest BCUT2D eigenvalue weighted by Crippen LogP contribution is -2.61. The monoisotopic (exact) mass is 764 g/mol. The summed E-state index contributed by atoms with van der Waals surface area (Å²) >= 11 is 0. The van der Waals surface area contributed by atoms with Crippen LogP contribution in [-0.2, 0) is 31.9 Å². The van der Waals surface area contributed by atoms with Gasteiger partial charge in [-0.25, -0.2) is 8.78 Å². The molecule has 2 amide bonds. The first-order chi connectivity index (χ1) is 25.9. The number of halogens is 2. The lowest BCUT2D eigenvalue weighted by molar-refractivity contribution is -0.297. The Morgan fingerprint density at radius 3 is 2.06 bits per heavy atom. The summed E-state index contributed by atoms with van der Waals surface area (Å²) in [5.74, 6) is -3.22. The molecule has 3 rings (SSSR count). The molecule has 304 valence electrons. The summed E-state index contributed by atoms with van der Waals surface area (Å²) < 4.78 is 38.7. The highest BCUT2D eigenvalue weighted by molar-refractivity contribution is 5.79. The Balaban J connectivity index is 1.55. The molecular formula is C41H62F2N2O9. The quantitative estimate of drug-likeness (QED) is 0.0727. The molecule has 2 aromatic carbocycles. The number of unbranched alkanes of at least 4 members (excludes halogenated alkanes) is 11. The Kier molecular flexibility index (Phi) is 20.5. The first-order valence-electron chi connectivity index (χ1n) is 19.6. The molecule has 7 N–H and O–H groups in total. The zero-order chi connectivity index (χ0) is 39.5. The average molecular weight is 765 g/mol. The predicted octanol–water partition coefficient (Wildman–Crippen LogP) is 4.30. The smallest absolute Gasteiger partial charge is 0.224 e. The van der Waals surface area contributed by atoms with Crippen molar-refractivity contribution in [1.82, 2.24) is 10.6 Å². The van der Waals surface area contributed by atoms with Crippen LogP contribution >= 0.6 is 0 Å². The molecule has 8 atom stereocenters. The van der Waals surface area contributed by atoms with E-state index < -0.39 is 73.1 Å². The SMILES string of the molecule is CCCCCCCCCCCCCC[C@@H](O)[C@@H](O)[C@H](CO[C@H]1O[C@H](CNC(=O)Cc2ccccc2C)[C@H](O)[C@H](O)[C@H]1O)NC(=O)Cc1ccc(F)c(F)c1. The second-order valence-electron chi connectivity index (χ2n) is 14.6. The number of rotatable bonds is 25. The fourth-order valence-corrected chi connectivity index (χ4v) is 6.63. The minimum absolute atomic E-state index is 0.0754. The molecule has 1 aliphatic heterocycles. The molecule has 13 heteroatoms. The highest BCUT2D eigenvalue weighted by Crippen LogP contribution is 2.23. The van der Waals surface area contributed by atoms with Gasteiger partial charge >= 0.3 is 0 Å². The molecule has 0 aromatic heterocycles. The number of hydrogen-bond donors (Lipinski definition) is 7. The van der Waals surface area contributed by atoms with Crippen molar-refractivity contribution in [2.45, 2.75) is 159 Å². The minimum Gasteiger partial charge on any atom is -0.390 e. The van der Waals surface area contributed by atoms with Crippen LogP contribution in [0.1, 0.15) is 107 Å². The Bertz CT molecular complexity index is 1400. The van der Waals surface area contributed by atoms with Crippen LogP contribution in [0.3, 0.4) is 0 Å². The molecule has 1 saturated heterocycles. The van der Waals surface area contributed by atoms with Gasteiger partial charge < -0.3 is 45.6 Å². The third-order valence-corrected chi connectivity index (χ3v) is 10.1. The van der Waals surface area contributed by atoms with Gasteiger partial charge in [0.1, 0.15) is 30.5 Å². The molecule has 0 bridgehead atoms. The van der Waals surface area contributed by atoms with E-state index in [4.69, 9.17) is 9.47 Å². The normalized spacial score (nSPS) is 21.7. The number of aliphatic hydroxyl groups excluding tert-OH is 5. The Morgan fingerprint density at radius 1 is 0.796 bits per heavy atom. The van der Waals surface area contributed by atoms with Crippen LogP contribution in [-0.4, -0.2) is 99.5 Å². The Labute approximate surface area is 318 Å². The first-order valence-corrected chi connectivity index (χ1v) is 19.6. The Morgan fingerprint density at radius 2 is 1.43 bits per heavy atom. The van der Waals surface area contributed by atoms with Crippen molar-refractivity contribution in [3.63, 3.8) is 0 Å². The van der Waals surface area contributed by atoms with Crippen LogP contribution < -0.4 is 10.6 Å².